The Bertz CT molecular complexity index is 645. The first-order chi connectivity index (χ1) is 11.4. The summed E-state index contributed by atoms with van der Waals surface area (Å²) in [6.45, 7) is 4.27. The van der Waals surface area contributed by atoms with Crippen LogP contribution in [0.2, 0.25) is 0 Å². The summed E-state index contributed by atoms with van der Waals surface area (Å²) >= 11 is 0. The van der Waals surface area contributed by atoms with Gasteiger partial charge in [0.15, 0.2) is 0 Å². The van der Waals surface area contributed by atoms with Gasteiger partial charge in [0, 0.05) is 5.69 Å². The lowest BCUT2D eigenvalue weighted by Gasteiger charge is -2.32. The number of aryl methyl sites for hydroxylation is 1. The largest absolute Gasteiger partial charge is 0.480 e. The molecule has 1 unspecified atom stereocenters. The van der Waals surface area contributed by atoms with Crippen molar-refractivity contribution in [2.45, 2.75) is 39.2 Å². The molecule has 3 N–H and O–H groups in total. The molecule has 1 aliphatic heterocycles. The second-order valence-electron chi connectivity index (χ2n) is 6.07. The zero-order valence-corrected chi connectivity index (χ0v) is 14.0. The third-order valence-electron chi connectivity index (χ3n) is 4.35. The van der Waals surface area contributed by atoms with E-state index in [1.165, 1.54) is 0 Å². The highest BCUT2D eigenvalue weighted by molar-refractivity contribution is 6.02. The van der Waals surface area contributed by atoms with Crippen LogP contribution in [-0.4, -0.2) is 47.0 Å². The zero-order chi connectivity index (χ0) is 17.7. The number of hydrogen-bond acceptors (Lipinski definition) is 4. The smallest absolute Gasteiger partial charge is 0.325 e. The average molecular weight is 333 g/mol. The molecule has 0 saturated carbocycles. The van der Waals surface area contributed by atoms with E-state index in [1.54, 1.807) is 11.0 Å². The Morgan fingerprint density at radius 1 is 1.25 bits per heavy atom. The minimum Gasteiger partial charge on any atom is -0.480 e. The number of benzene rings is 1. The highest BCUT2D eigenvalue weighted by Crippen LogP contribution is 2.18. The maximum Gasteiger partial charge on any atom is 0.325 e. The predicted molar refractivity (Wildman–Crippen MR) is 89.9 cm³/mol. The van der Waals surface area contributed by atoms with Gasteiger partial charge in [-0.2, -0.15) is 0 Å². The Morgan fingerprint density at radius 3 is 2.71 bits per heavy atom. The minimum atomic E-state index is -0.928. The van der Waals surface area contributed by atoms with Gasteiger partial charge in [-0.25, -0.2) is 4.79 Å². The molecule has 3 amide bonds. The number of nitrogens with zero attached hydrogens (tertiary/aromatic N) is 1. The number of urea groups is 1. The van der Waals surface area contributed by atoms with Crippen LogP contribution in [0.1, 0.15) is 30.4 Å². The molecule has 1 heterocycles. The second-order valence-corrected chi connectivity index (χ2v) is 6.07. The first-order valence-electron chi connectivity index (χ1n) is 8.02. The average Bonchev–Trinajstić information content (AvgIpc) is 2.52. The van der Waals surface area contributed by atoms with Gasteiger partial charge in [0.05, 0.1) is 6.54 Å². The van der Waals surface area contributed by atoms with Gasteiger partial charge in [-0.1, -0.05) is 18.6 Å². The normalized spacial score (nSPS) is 18.0. The molecule has 7 nitrogen and oxygen atoms in total. The van der Waals surface area contributed by atoms with E-state index >= 15 is 0 Å². The lowest BCUT2D eigenvalue weighted by molar-refractivity contribution is -0.145. The van der Waals surface area contributed by atoms with E-state index in [4.69, 9.17) is 0 Å². The van der Waals surface area contributed by atoms with Gasteiger partial charge < -0.3 is 10.4 Å². The van der Waals surface area contributed by atoms with Gasteiger partial charge in [-0.3, -0.25) is 19.8 Å². The summed E-state index contributed by atoms with van der Waals surface area (Å²) in [5.74, 6) is -1.44. The summed E-state index contributed by atoms with van der Waals surface area (Å²) < 4.78 is 0. The van der Waals surface area contributed by atoms with Crippen LogP contribution < -0.4 is 10.6 Å². The van der Waals surface area contributed by atoms with Gasteiger partial charge >= 0.3 is 12.0 Å². The topological polar surface area (TPSA) is 98.7 Å². The maximum absolute atomic E-state index is 12.0. The molecule has 1 saturated heterocycles. The van der Waals surface area contributed by atoms with E-state index < -0.39 is 23.9 Å². The molecule has 0 spiro atoms. The number of imide groups is 1. The third kappa shape index (κ3) is 4.55. The van der Waals surface area contributed by atoms with Gasteiger partial charge in [-0.15, -0.1) is 0 Å². The summed E-state index contributed by atoms with van der Waals surface area (Å²) in [5, 5.41) is 14.1. The lowest BCUT2D eigenvalue weighted by Crippen LogP contribution is -2.50. The zero-order valence-electron chi connectivity index (χ0n) is 14.0. The summed E-state index contributed by atoms with van der Waals surface area (Å²) in [7, 11) is 0. The van der Waals surface area contributed by atoms with Crippen LogP contribution in [-0.2, 0) is 9.59 Å². The Balaban J connectivity index is 1.90. The summed E-state index contributed by atoms with van der Waals surface area (Å²) in [4.78, 5) is 36.8. The van der Waals surface area contributed by atoms with Crippen molar-refractivity contribution in [3.8, 4) is 0 Å². The molecule has 1 aromatic rings. The van der Waals surface area contributed by atoms with Crippen molar-refractivity contribution in [1.82, 2.24) is 10.2 Å². The SMILES string of the molecule is Cc1cccc(NC(=O)NC(=O)CN2CCCCC2C(=O)O)c1C. The second kappa shape index (κ2) is 7.92. The first-order valence-corrected chi connectivity index (χ1v) is 8.02. The quantitative estimate of drug-likeness (QED) is 0.781. The van der Waals surface area contributed by atoms with Crippen molar-refractivity contribution in [3.63, 3.8) is 0 Å². The number of piperidine rings is 1. The van der Waals surface area contributed by atoms with E-state index in [9.17, 15) is 19.5 Å². The number of nitrogens with one attached hydrogen (secondary N) is 2. The van der Waals surface area contributed by atoms with Crippen molar-refractivity contribution >= 4 is 23.6 Å². The predicted octanol–water partition coefficient (Wildman–Crippen LogP) is 1.89. The van der Waals surface area contributed by atoms with E-state index in [1.807, 2.05) is 26.0 Å². The molecule has 0 radical (unpaired) electrons. The van der Waals surface area contributed by atoms with Gasteiger partial charge in [-0.05, 0) is 50.4 Å². The number of rotatable bonds is 4. The number of amides is 3. The number of aliphatic carboxylic acids is 1. The Labute approximate surface area is 141 Å². The third-order valence-corrected chi connectivity index (χ3v) is 4.35. The van der Waals surface area contributed by atoms with E-state index in [2.05, 4.69) is 10.6 Å². The van der Waals surface area contributed by atoms with Crippen LogP contribution in [0.3, 0.4) is 0 Å². The number of carbonyl (C=O) groups is 3. The van der Waals surface area contributed by atoms with Crippen LogP contribution >= 0.6 is 0 Å². The number of carboxylic acids is 1. The van der Waals surface area contributed by atoms with Crippen molar-refractivity contribution < 1.29 is 19.5 Å². The van der Waals surface area contributed by atoms with E-state index in [0.29, 0.717) is 18.7 Å². The van der Waals surface area contributed by atoms with Crippen LogP contribution in [0.25, 0.3) is 0 Å². The fourth-order valence-corrected chi connectivity index (χ4v) is 2.85. The highest BCUT2D eigenvalue weighted by Gasteiger charge is 2.29. The fraction of sp³-hybridized carbons (Fsp3) is 0.471. The number of anilines is 1. The molecule has 0 aromatic heterocycles. The number of carboxylic acid groups (broad SMARTS) is 1. The molecule has 0 bridgehead atoms. The van der Waals surface area contributed by atoms with Crippen molar-refractivity contribution in [2.75, 3.05) is 18.4 Å². The molecule has 1 aromatic carbocycles. The van der Waals surface area contributed by atoms with Crippen LogP contribution in [0.15, 0.2) is 18.2 Å². The monoisotopic (exact) mass is 333 g/mol. The van der Waals surface area contributed by atoms with Gasteiger partial charge in [0.2, 0.25) is 5.91 Å². The Morgan fingerprint density at radius 2 is 2.00 bits per heavy atom. The molecule has 24 heavy (non-hydrogen) atoms. The number of hydrogen-bond donors (Lipinski definition) is 3. The molecule has 1 aliphatic rings. The van der Waals surface area contributed by atoms with E-state index in [-0.39, 0.29) is 6.54 Å². The summed E-state index contributed by atoms with van der Waals surface area (Å²) in [5.41, 5.74) is 2.61. The van der Waals surface area contributed by atoms with Crippen molar-refractivity contribution in [1.29, 1.82) is 0 Å². The van der Waals surface area contributed by atoms with Crippen molar-refractivity contribution in [2.24, 2.45) is 0 Å². The first kappa shape index (κ1) is 17.9. The number of likely N-dealkylation sites (tertiary alicyclic amines) is 1. The highest BCUT2D eigenvalue weighted by atomic mass is 16.4. The molecule has 130 valence electrons. The lowest BCUT2D eigenvalue weighted by atomic mass is 10.0. The van der Waals surface area contributed by atoms with Crippen LogP contribution in [0.4, 0.5) is 10.5 Å². The van der Waals surface area contributed by atoms with E-state index in [0.717, 1.165) is 24.0 Å². The summed E-state index contributed by atoms with van der Waals surface area (Å²) in [6.07, 6.45) is 2.21. The van der Waals surface area contributed by atoms with Crippen LogP contribution in [0, 0.1) is 13.8 Å². The molecule has 7 heteroatoms. The van der Waals surface area contributed by atoms with Crippen molar-refractivity contribution in [3.05, 3.63) is 29.3 Å². The van der Waals surface area contributed by atoms with Gasteiger partial charge in [0.1, 0.15) is 6.04 Å². The molecule has 2 rings (SSSR count). The molecular weight excluding hydrogens is 310 g/mol. The molecule has 0 aliphatic carbocycles. The minimum absolute atomic E-state index is 0.100. The Hall–Kier alpha value is -2.41. The van der Waals surface area contributed by atoms with Crippen LogP contribution in [0.5, 0.6) is 0 Å². The molecular formula is C17H23N3O4. The Kier molecular flexibility index (Phi) is 5.92. The molecule has 1 fully saturated rings. The maximum atomic E-state index is 12.0. The van der Waals surface area contributed by atoms with Gasteiger partial charge in [0.25, 0.3) is 0 Å². The number of carbonyl (C=O) groups excluding carboxylic acids is 2. The standard InChI is InChI=1S/C17H23N3O4/c1-11-6-5-7-13(12(11)2)18-17(24)19-15(21)10-20-9-4-3-8-14(20)16(22)23/h5-7,14H,3-4,8-10H2,1-2H3,(H,22,23)(H2,18,19,21,24). The molecule has 1 atom stereocenters. The summed E-state index contributed by atoms with van der Waals surface area (Å²) in [6, 6.07) is 4.25. The fourth-order valence-electron chi connectivity index (χ4n) is 2.85.